The maximum atomic E-state index is 13.1. The van der Waals surface area contributed by atoms with Crippen LogP contribution in [0.4, 0.5) is 36.2 Å². The van der Waals surface area contributed by atoms with E-state index in [-0.39, 0.29) is 22.0 Å². The van der Waals surface area contributed by atoms with Crippen molar-refractivity contribution in [3.63, 3.8) is 0 Å². The fraction of sp³-hybridized carbons (Fsp3) is 0.158. The van der Waals surface area contributed by atoms with Gasteiger partial charge in [-0.05, 0) is 49.9 Å². The zero-order valence-corrected chi connectivity index (χ0v) is 16.8. The Bertz CT molecular complexity index is 1170. The lowest BCUT2D eigenvalue weighted by Crippen LogP contribution is -2.18. The van der Waals surface area contributed by atoms with E-state index in [2.05, 4.69) is 25.3 Å². The molecule has 0 bridgehead atoms. The largest absolute Gasteiger partial charge is 0.416 e. The van der Waals surface area contributed by atoms with Crippen LogP contribution in [0.15, 0.2) is 59.8 Å². The van der Waals surface area contributed by atoms with E-state index < -0.39 is 21.8 Å². The summed E-state index contributed by atoms with van der Waals surface area (Å²) in [5.74, 6) is 0.596. The lowest BCUT2D eigenvalue weighted by Gasteiger charge is -2.13. The molecule has 1 aromatic heterocycles. The summed E-state index contributed by atoms with van der Waals surface area (Å²) in [6.45, 7) is 1.39. The van der Waals surface area contributed by atoms with Crippen LogP contribution in [0.25, 0.3) is 0 Å². The van der Waals surface area contributed by atoms with Gasteiger partial charge in [-0.3, -0.25) is 0 Å². The predicted molar refractivity (Wildman–Crippen MR) is 107 cm³/mol. The SMILES string of the molecule is CNS(=O)(=O)c1cccc(Nc2cc(Nc3ccc(C)c(C(F)(F)F)c3)ncn2)c1. The molecule has 30 heavy (non-hydrogen) atoms. The fourth-order valence-electron chi connectivity index (χ4n) is 2.65. The molecule has 0 saturated heterocycles. The maximum absolute atomic E-state index is 13.1. The zero-order chi connectivity index (χ0) is 21.9. The molecule has 0 unspecified atom stereocenters. The monoisotopic (exact) mass is 437 g/mol. The predicted octanol–water partition coefficient (Wildman–Crippen LogP) is 4.20. The van der Waals surface area contributed by atoms with Gasteiger partial charge >= 0.3 is 6.18 Å². The van der Waals surface area contributed by atoms with Crippen LogP contribution in [0.5, 0.6) is 0 Å². The van der Waals surface area contributed by atoms with Gasteiger partial charge in [-0.25, -0.2) is 23.1 Å². The van der Waals surface area contributed by atoms with Gasteiger partial charge in [0, 0.05) is 17.4 Å². The molecule has 3 aromatic rings. The number of nitrogens with zero attached hydrogens (tertiary/aromatic N) is 2. The van der Waals surface area contributed by atoms with E-state index >= 15 is 0 Å². The first-order chi connectivity index (χ1) is 14.1. The van der Waals surface area contributed by atoms with E-state index in [1.807, 2.05) is 0 Å². The molecule has 0 saturated carbocycles. The number of anilines is 4. The summed E-state index contributed by atoms with van der Waals surface area (Å²) in [7, 11) is -2.30. The first-order valence-electron chi connectivity index (χ1n) is 8.66. The fourth-order valence-corrected chi connectivity index (χ4v) is 3.43. The van der Waals surface area contributed by atoms with Gasteiger partial charge < -0.3 is 10.6 Å². The average molecular weight is 437 g/mol. The van der Waals surface area contributed by atoms with Crippen molar-refractivity contribution in [3.8, 4) is 0 Å². The molecular weight excluding hydrogens is 419 g/mol. The maximum Gasteiger partial charge on any atom is 0.416 e. The number of hydrogen-bond acceptors (Lipinski definition) is 6. The smallest absolute Gasteiger partial charge is 0.340 e. The van der Waals surface area contributed by atoms with Crippen LogP contribution in [-0.2, 0) is 16.2 Å². The van der Waals surface area contributed by atoms with Crippen molar-refractivity contribution in [2.75, 3.05) is 17.7 Å². The first kappa shape index (κ1) is 21.5. The number of aryl methyl sites for hydroxylation is 1. The summed E-state index contributed by atoms with van der Waals surface area (Å²) in [6.07, 6.45) is -3.23. The molecule has 0 atom stereocenters. The molecule has 0 aliphatic carbocycles. The molecule has 0 aliphatic heterocycles. The van der Waals surface area contributed by atoms with Crippen molar-refractivity contribution in [2.45, 2.75) is 18.0 Å². The molecular formula is C19H18F3N5O2S. The van der Waals surface area contributed by atoms with Crippen LogP contribution in [0.1, 0.15) is 11.1 Å². The molecule has 7 nitrogen and oxygen atoms in total. The van der Waals surface area contributed by atoms with Gasteiger partial charge in [0.1, 0.15) is 18.0 Å². The standard InChI is InChI=1S/C19H18F3N5O2S/c1-12-6-7-14(9-16(12)19(20,21)22)27-18-10-17(24-11-25-18)26-13-4-3-5-15(8-13)30(28,29)23-2/h3-11,23H,1-2H3,(H2,24,25,26,27). The molecule has 0 spiro atoms. The van der Waals surface area contributed by atoms with E-state index in [1.165, 1.54) is 50.6 Å². The Morgan fingerprint density at radius 3 is 2.13 bits per heavy atom. The van der Waals surface area contributed by atoms with Gasteiger partial charge in [0.15, 0.2) is 0 Å². The lowest BCUT2D eigenvalue weighted by molar-refractivity contribution is -0.138. The minimum Gasteiger partial charge on any atom is -0.340 e. The van der Waals surface area contributed by atoms with Crippen molar-refractivity contribution in [1.29, 1.82) is 0 Å². The van der Waals surface area contributed by atoms with E-state index in [0.29, 0.717) is 11.5 Å². The summed E-state index contributed by atoms with van der Waals surface area (Å²) < 4.78 is 65.4. The van der Waals surface area contributed by atoms with E-state index in [4.69, 9.17) is 0 Å². The molecule has 1 heterocycles. The van der Waals surface area contributed by atoms with Gasteiger partial charge in [-0.15, -0.1) is 0 Å². The molecule has 0 amide bonds. The van der Waals surface area contributed by atoms with Crippen LogP contribution in [0, 0.1) is 6.92 Å². The number of aromatic nitrogens is 2. The van der Waals surface area contributed by atoms with Crippen molar-refractivity contribution >= 4 is 33.0 Å². The van der Waals surface area contributed by atoms with E-state index in [9.17, 15) is 21.6 Å². The van der Waals surface area contributed by atoms with Crippen LogP contribution < -0.4 is 15.4 Å². The van der Waals surface area contributed by atoms with Crippen LogP contribution in [-0.4, -0.2) is 25.4 Å². The van der Waals surface area contributed by atoms with Crippen LogP contribution >= 0.6 is 0 Å². The van der Waals surface area contributed by atoms with E-state index in [0.717, 1.165) is 6.07 Å². The Balaban J connectivity index is 1.82. The van der Waals surface area contributed by atoms with Crippen molar-refractivity contribution in [2.24, 2.45) is 0 Å². The Hall–Kier alpha value is -3.18. The Morgan fingerprint density at radius 2 is 1.53 bits per heavy atom. The lowest BCUT2D eigenvalue weighted by atomic mass is 10.1. The Labute approximate surface area is 171 Å². The molecule has 2 aromatic carbocycles. The number of sulfonamides is 1. The second-order valence-corrected chi connectivity index (χ2v) is 8.19. The van der Waals surface area contributed by atoms with Crippen LogP contribution in [0.2, 0.25) is 0 Å². The highest BCUT2D eigenvalue weighted by atomic mass is 32.2. The van der Waals surface area contributed by atoms with Crippen molar-refractivity contribution in [3.05, 3.63) is 66.0 Å². The molecule has 0 radical (unpaired) electrons. The molecule has 3 N–H and O–H groups in total. The highest BCUT2D eigenvalue weighted by Crippen LogP contribution is 2.34. The van der Waals surface area contributed by atoms with Gasteiger partial charge in [0.05, 0.1) is 10.5 Å². The molecule has 0 fully saturated rings. The normalized spacial score (nSPS) is 11.9. The number of hydrogen-bond donors (Lipinski definition) is 3. The number of rotatable bonds is 6. The molecule has 0 aliphatic rings. The molecule has 11 heteroatoms. The van der Waals surface area contributed by atoms with Crippen molar-refractivity contribution in [1.82, 2.24) is 14.7 Å². The quantitative estimate of drug-likeness (QED) is 0.535. The summed E-state index contributed by atoms with van der Waals surface area (Å²) >= 11 is 0. The molecule has 3 rings (SSSR count). The van der Waals surface area contributed by atoms with Crippen LogP contribution in [0.3, 0.4) is 0 Å². The number of halogens is 3. The highest BCUT2D eigenvalue weighted by Gasteiger charge is 2.32. The number of nitrogens with one attached hydrogen (secondary N) is 3. The van der Waals surface area contributed by atoms with Gasteiger partial charge in [-0.2, -0.15) is 13.2 Å². The minimum atomic E-state index is -4.46. The Kier molecular flexibility index (Phi) is 5.94. The number of alkyl halides is 3. The molecule has 158 valence electrons. The third-order valence-corrected chi connectivity index (χ3v) is 5.58. The minimum absolute atomic E-state index is 0.0711. The van der Waals surface area contributed by atoms with E-state index in [1.54, 1.807) is 12.1 Å². The summed E-state index contributed by atoms with van der Waals surface area (Å²) in [4.78, 5) is 8.13. The second kappa shape index (κ2) is 8.28. The zero-order valence-electron chi connectivity index (χ0n) is 15.9. The third-order valence-electron chi connectivity index (χ3n) is 4.17. The number of benzene rings is 2. The summed E-state index contributed by atoms with van der Waals surface area (Å²) in [6, 6.07) is 11.5. The average Bonchev–Trinajstić information content (AvgIpc) is 2.69. The summed E-state index contributed by atoms with van der Waals surface area (Å²) in [5, 5.41) is 5.77. The summed E-state index contributed by atoms with van der Waals surface area (Å²) in [5.41, 5.74) is 0.0716. The Morgan fingerprint density at radius 1 is 0.900 bits per heavy atom. The van der Waals surface area contributed by atoms with Gasteiger partial charge in [0.2, 0.25) is 10.0 Å². The third kappa shape index (κ3) is 5.05. The van der Waals surface area contributed by atoms with Crippen molar-refractivity contribution < 1.29 is 21.6 Å². The first-order valence-corrected chi connectivity index (χ1v) is 10.1. The van der Waals surface area contributed by atoms with Gasteiger partial charge in [-0.1, -0.05) is 12.1 Å². The topological polar surface area (TPSA) is 96.0 Å². The highest BCUT2D eigenvalue weighted by molar-refractivity contribution is 7.89. The van der Waals surface area contributed by atoms with Gasteiger partial charge in [0.25, 0.3) is 0 Å². The second-order valence-electron chi connectivity index (χ2n) is 6.30.